The molecule has 1 unspecified atom stereocenters. The lowest BCUT2D eigenvalue weighted by atomic mass is 9.99. The van der Waals surface area contributed by atoms with E-state index in [1.807, 2.05) is 0 Å². The predicted octanol–water partition coefficient (Wildman–Crippen LogP) is 1.84. The Labute approximate surface area is 118 Å². The van der Waals surface area contributed by atoms with Gasteiger partial charge in [-0.25, -0.2) is 14.0 Å². The molecule has 0 aliphatic carbocycles. The number of carbonyl (C=O) groups excluding carboxylic acids is 1. The highest BCUT2D eigenvalue weighted by atomic mass is 35.5. The van der Waals surface area contributed by atoms with Gasteiger partial charge < -0.3 is 20.5 Å². The minimum atomic E-state index is -1.47. The summed E-state index contributed by atoms with van der Waals surface area (Å²) in [6.07, 6.45) is 0.159. The van der Waals surface area contributed by atoms with Crippen molar-refractivity contribution in [1.29, 1.82) is 0 Å². The summed E-state index contributed by atoms with van der Waals surface area (Å²) >= 11 is 5.80. The second-order valence-corrected chi connectivity index (χ2v) is 4.80. The molecule has 1 fully saturated rings. The van der Waals surface area contributed by atoms with Gasteiger partial charge in [0, 0.05) is 13.0 Å². The van der Waals surface area contributed by atoms with Gasteiger partial charge in [0.05, 0.1) is 17.3 Å². The second kappa shape index (κ2) is 5.64. The van der Waals surface area contributed by atoms with Crippen molar-refractivity contribution in [3.8, 4) is 0 Å². The van der Waals surface area contributed by atoms with E-state index in [9.17, 15) is 14.0 Å². The SMILES string of the molecule is O=C(Nc1cc(F)ccc1Cl)NC1(C(=O)O)CCOC1. The Morgan fingerprint density at radius 3 is 2.80 bits per heavy atom. The number of anilines is 1. The Kier molecular flexibility index (Phi) is 4.10. The first-order valence-corrected chi connectivity index (χ1v) is 6.16. The number of hydrogen-bond donors (Lipinski definition) is 3. The predicted molar refractivity (Wildman–Crippen MR) is 69.4 cm³/mol. The molecule has 3 N–H and O–H groups in total. The molecule has 1 aliphatic heterocycles. The topological polar surface area (TPSA) is 87.7 Å². The normalized spacial score (nSPS) is 21.5. The average Bonchev–Trinajstić information content (AvgIpc) is 2.83. The maximum atomic E-state index is 13.1. The first kappa shape index (κ1) is 14.5. The van der Waals surface area contributed by atoms with Crippen LogP contribution in [0.15, 0.2) is 18.2 Å². The maximum absolute atomic E-state index is 13.1. The second-order valence-electron chi connectivity index (χ2n) is 4.39. The van der Waals surface area contributed by atoms with E-state index in [0.717, 1.165) is 12.1 Å². The van der Waals surface area contributed by atoms with Gasteiger partial charge in [0.1, 0.15) is 5.82 Å². The summed E-state index contributed by atoms with van der Waals surface area (Å²) < 4.78 is 18.1. The van der Waals surface area contributed by atoms with Crippen LogP contribution in [-0.2, 0) is 9.53 Å². The van der Waals surface area contributed by atoms with Gasteiger partial charge in [0.25, 0.3) is 0 Å². The van der Waals surface area contributed by atoms with E-state index in [0.29, 0.717) is 0 Å². The number of carboxylic acid groups (broad SMARTS) is 1. The molecular formula is C12H12ClFN2O4. The first-order valence-electron chi connectivity index (χ1n) is 5.78. The van der Waals surface area contributed by atoms with Gasteiger partial charge >= 0.3 is 12.0 Å². The van der Waals surface area contributed by atoms with Crippen LogP contribution in [0.2, 0.25) is 5.02 Å². The minimum absolute atomic E-state index is 0.0589. The first-order chi connectivity index (χ1) is 9.43. The molecule has 0 bridgehead atoms. The molecule has 0 spiro atoms. The molecule has 1 atom stereocenters. The third-order valence-corrected chi connectivity index (χ3v) is 3.29. The number of nitrogens with one attached hydrogen (secondary N) is 2. The third-order valence-electron chi connectivity index (χ3n) is 2.96. The van der Waals surface area contributed by atoms with E-state index in [2.05, 4.69) is 10.6 Å². The highest BCUT2D eigenvalue weighted by Gasteiger charge is 2.44. The van der Waals surface area contributed by atoms with E-state index in [4.69, 9.17) is 21.4 Å². The van der Waals surface area contributed by atoms with Crippen molar-refractivity contribution in [3.63, 3.8) is 0 Å². The van der Waals surface area contributed by atoms with E-state index in [1.54, 1.807) is 0 Å². The van der Waals surface area contributed by atoms with E-state index >= 15 is 0 Å². The van der Waals surface area contributed by atoms with Crippen molar-refractivity contribution in [1.82, 2.24) is 5.32 Å². The fraction of sp³-hybridized carbons (Fsp3) is 0.333. The van der Waals surface area contributed by atoms with Crippen LogP contribution in [0, 0.1) is 5.82 Å². The maximum Gasteiger partial charge on any atom is 0.332 e. The molecule has 2 rings (SSSR count). The van der Waals surface area contributed by atoms with Crippen LogP contribution in [-0.4, -0.2) is 35.9 Å². The summed E-state index contributed by atoms with van der Waals surface area (Å²) in [4.78, 5) is 23.0. The van der Waals surface area contributed by atoms with Crippen LogP contribution in [0.5, 0.6) is 0 Å². The number of carboxylic acids is 1. The Bertz CT molecular complexity index is 546. The molecule has 0 radical (unpaired) electrons. The summed E-state index contributed by atoms with van der Waals surface area (Å²) in [6.45, 7) is 0.125. The lowest BCUT2D eigenvalue weighted by molar-refractivity contribution is -0.144. The number of halogens is 2. The Morgan fingerprint density at radius 2 is 2.20 bits per heavy atom. The van der Waals surface area contributed by atoms with Gasteiger partial charge in [0.15, 0.2) is 5.54 Å². The van der Waals surface area contributed by atoms with Crippen LogP contribution in [0.3, 0.4) is 0 Å². The summed E-state index contributed by atoms with van der Waals surface area (Å²) in [6, 6.07) is 2.69. The van der Waals surface area contributed by atoms with Gasteiger partial charge in [-0.05, 0) is 18.2 Å². The number of hydrogen-bond acceptors (Lipinski definition) is 3. The van der Waals surface area contributed by atoms with E-state index < -0.39 is 23.4 Å². The van der Waals surface area contributed by atoms with Crippen molar-refractivity contribution in [2.45, 2.75) is 12.0 Å². The van der Waals surface area contributed by atoms with E-state index in [1.165, 1.54) is 6.07 Å². The number of aliphatic carboxylic acids is 1. The number of urea groups is 1. The molecule has 20 heavy (non-hydrogen) atoms. The van der Waals surface area contributed by atoms with Crippen molar-refractivity contribution in [2.24, 2.45) is 0 Å². The molecule has 1 aliphatic rings. The van der Waals surface area contributed by atoms with Gasteiger partial charge in [-0.2, -0.15) is 0 Å². The summed E-state index contributed by atoms with van der Waals surface area (Å²) in [5.74, 6) is -1.75. The lowest BCUT2D eigenvalue weighted by Crippen LogP contribution is -2.56. The largest absolute Gasteiger partial charge is 0.479 e. The molecule has 6 nitrogen and oxygen atoms in total. The fourth-order valence-electron chi connectivity index (χ4n) is 1.85. The highest BCUT2D eigenvalue weighted by Crippen LogP contribution is 2.23. The van der Waals surface area contributed by atoms with Crippen molar-refractivity contribution >= 4 is 29.3 Å². The van der Waals surface area contributed by atoms with Crippen molar-refractivity contribution < 1.29 is 23.8 Å². The number of ether oxygens (including phenoxy) is 1. The lowest BCUT2D eigenvalue weighted by Gasteiger charge is -2.23. The standard InChI is InChI=1S/C12H12ClFN2O4/c13-8-2-1-7(14)5-9(8)15-11(19)16-12(10(17)18)3-4-20-6-12/h1-2,5H,3-4,6H2,(H,17,18)(H2,15,16,19). The van der Waals surface area contributed by atoms with Crippen molar-refractivity contribution in [3.05, 3.63) is 29.0 Å². The minimum Gasteiger partial charge on any atom is -0.479 e. The highest BCUT2D eigenvalue weighted by molar-refractivity contribution is 6.33. The fourth-order valence-corrected chi connectivity index (χ4v) is 2.01. The summed E-state index contributed by atoms with van der Waals surface area (Å²) in [7, 11) is 0. The van der Waals surface area contributed by atoms with E-state index in [-0.39, 0.29) is 30.3 Å². The summed E-state index contributed by atoms with van der Waals surface area (Å²) in [5.41, 5.74) is -1.41. The van der Waals surface area contributed by atoms with Crippen LogP contribution < -0.4 is 10.6 Å². The number of rotatable bonds is 3. The molecule has 1 saturated heterocycles. The molecular weight excluding hydrogens is 291 g/mol. The average molecular weight is 303 g/mol. The van der Waals surface area contributed by atoms with Crippen LogP contribution in [0.4, 0.5) is 14.9 Å². The molecule has 0 aromatic heterocycles. The molecule has 1 aromatic rings. The number of benzene rings is 1. The molecule has 1 heterocycles. The van der Waals surface area contributed by atoms with Gasteiger partial charge in [-0.3, -0.25) is 0 Å². The molecule has 1 aromatic carbocycles. The number of carbonyl (C=O) groups is 2. The zero-order valence-electron chi connectivity index (χ0n) is 10.3. The smallest absolute Gasteiger partial charge is 0.332 e. The Hall–Kier alpha value is -1.86. The summed E-state index contributed by atoms with van der Waals surface area (Å²) in [5, 5.41) is 14.0. The van der Waals surface area contributed by atoms with Crippen molar-refractivity contribution in [2.75, 3.05) is 18.5 Å². The zero-order valence-corrected chi connectivity index (χ0v) is 11.0. The van der Waals surface area contributed by atoms with Gasteiger partial charge in [-0.15, -0.1) is 0 Å². The molecule has 0 saturated carbocycles. The van der Waals surface area contributed by atoms with Crippen LogP contribution >= 0.6 is 11.6 Å². The molecule has 108 valence electrons. The Morgan fingerprint density at radius 1 is 1.45 bits per heavy atom. The molecule has 8 heteroatoms. The monoisotopic (exact) mass is 302 g/mol. The zero-order chi connectivity index (χ0) is 14.8. The Balaban J connectivity index is 2.08. The van der Waals surface area contributed by atoms with Crippen LogP contribution in [0.25, 0.3) is 0 Å². The third kappa shape index (κ3) is 3.00. The van der Waals surface area contributed by atoms with Crippen LogP contribution in [0.1, 0.15) is 6.42 Å². The molecule has 2 amide bonds. The van der Waals surface area contributed by atoms with Gasteiger partial charge in [0.2, 0.25) is 0 Å². The van der Waals surface area contributed by atoms with Gasteiger partial charge in [-0.1, -0.05) is 11.6 Å². The quantitative estimate of drug-likeness (QED) is 0.795. The number of amides is 2.